The lowest BCUT2D eigenvalue weighted by atomic mass is 10.1. The predicted octanol–water partition coefficient (Wildman–Crippen LogP) is 3.36. The van der Waals surface area contributed by atoms with Crippen molar-refractivity contribution in [2.24, 2.45) is 0 Å². The number of Topliss-reactive ketones (excluding diaryl/α,β-unsaturated/α-hetero) is 1. The van der Waals surface area contributed by atoms with Gasteiger partial charge in [-0.3, -0.25) is 4.79 Å². The number of nitrogens with zero attached hydrogens (tertiary/aromatic N) is 1. The van der Waals surface area contributed by atoms with Gasteiger partial charge in [-0.15, -0.1) is 0 Å². The number of rotatable bonds is 2. The van der Waals surface area contributed by atoms with Crippen molar-refractivity contribution in [3.05, 3.63) is 34.4 Å². The van der Waals surface area contributed by atoms with E-state index in [2.05, 4.69) is 20.9 Å². The summed E-state index contributed by atoms with van der Waals surface area (Å²) >= 11 is 4.70. The maximum atomic E-state index is 11.4. The van der Waals surface area contributed by atoms with Crippen LogP contribution in [-0.2, 0) is 0 Å². The number of carbonyl (C=O) groups excluding carboxylic acids is 1. The number of benzene rings is 1. The van der Waals surface area contributed by atoms with Gasteiger partial charge in [-0.1, -0.05) is 39.4 Å². The van der Waals surface area contributed by atoms with Crippen LogP contribution in [0.15, 0.2) is 28.7 Å². The fraction of sp³-hybridized carbons (Fsp3) is 0.0909. The van der Waals surface area contributed by atoms with Crippen molar-refractivity contribution < 1.29 is 4.79 Å². The molecule has 0 aliphatic carbocycles. The SMILES string of the molecule is CC(=O)c1nc(N)sc1-c1ccc(Br)cc1. The van der Waals surface area contributed by atoms with Gasteiger partial charge in [0.05, 0.1) is 4.88 Å². The lowest BCUT2D eigenvalue weighted by molar-refractivity contribution is 0.101. The molecule has 0 amide bonds. The molecule has 0 spiro atoms. The van der Waals surface area contributed by atoms with Gasteiger partial charge in [0.1, 0.15) is 5.69 Å². The molecule has 0 fully saturated rings. The van der Waals surface area contributed by atoms with Crippen LogP contribution in [0.5, 0.6) is 0 Å². The molecule has 0 radical (unpaired) electrons. The summed E-state index contributed by atoms with van der Waals surface area (Å²) in [6.07, 6.45) is 0. The van der Waals surface area contributed by atoms with Crippen molar-refractivity contribution in [3.63, 3.8) is 0 Å². The summed E-state index contributed by atoms with van der Waals surface area (Å²) in [6, 6.07) is 7.72. The summed E-state index contributed by atoms with van der Waals surface area (Å²) in [7, 11) is 0. The van der Waals surface area contributed by atoms with E-state index in [-0.39, 0.29) is 5.78 Å². The Balaban J connectivity index is 2.55. The first-order valence-electron chi connectivity index (χ1n) is 4.61. The molecule has 1 heterocycles. The van der Waals surface area contributed by atoms with E-state index in [1.807, 2.05) is 24.3 Å². The third-order valence-corrected chi connectivity index (χ3v) is 3.55. The van der Waals surface area contributed by atoms with Crippen molar-refractivity contribution in [3.8, 4) is 10.4 Å². The first-order chi connectivity index (χ1) is 7.58. The topological polar surface area (TPSA) is 56.0 Å². The van der Waals surface area contributed by atoms with Gasteiger partial charge in [0.2, 0.25) is 0 Å². The summed E-state index contributed by atoms with van der Waals surface area (Å²) in [4.78, 5) is 16.3. The van der Waals surface area contributed by atoms with Crippen molar-refractivity contribution in [1.29, 1.82) is 0 Å². The highest BCUT2D eigenvalue weighted by Crippen LogP contribution is 2.32. The number of aromatic nitrogens is 1. The molecule has 2 aromatic rings. The van der Waals surface area contributed by atoms with Gasteiger partial charge in [0.25, 0.3) is 0 Å². The Labute approximate surface area is 105 Å². The molecule has 0 aliphatic rings. The van der Waals surface area contributed by atoms with Crippen LogP contribution in [0.2, 0.25) is 0 Å². The van der Waals surface area contributed by atoms with Crippen LogP contribution in [0.1, 0.15) is 17.4 Å². The van der Waals surface area contributed by atoms with Crippen LogP contribution >= 0.6 is 27.3 Å². The zero-order valence-electron chi connectivity index (χ0n) is 8.53. The van der Waals surface area contributed by atoms with E-state index in [1.54, 1.807) is 0 Å². The van der Waals surface area contributed by atoms with Gasteiger partial charge in [-0.25, -0.2) is 4.98 Å². The molecule has 16 heavy (non-hydrogen) atoms. The van der Waals surface area contributed by atoms with Crippen molar-refractivity contribution in [2.45, 2.75) is 6.92 Å². The van der Waals surface area contributed by atoms with Crippen LogP contribution in [0.4, 0.5) is 5.13 Å². The molecule has 0 bridgehead atoms. The van der Waals surface area contributed by atoms with Gasteiger partial charge in [-0.05, 0) is 17.7 Å². The monoisotopic (exact) mass is 296 g/mol. The molecule has 0 saturated heterocycles. The second kappa shape index (κ2) is 4.35. The van der Waals surface area contributed by atoms with E-state index < -0.39 is 0 Å². The third kappa shape index (κ3) is 2.15. The first kappa shape index (κ1) is 11.3. The zero-order chi connectivity index (χ0) is 11.7. The molecule has 1 aromatic carbocycles. The maximum absolute atomic E-state index is 11.4. The normalized spacial score (nSPS) is 10.4. The quantitative estimate of drug-likeness (QED) is 0.865. The molecule has 5 heteroatoms. The Morgan fingerprint density at radius 2 is 2.00 bits per heavy atom. The van der Waals surface area contributed by atoms with Gasteiger partial charge in [0, 0.05) is 11.4 Å². The average Bonchev–Trinajstić information content (AvgIpc) is 2.61. The van der Waals surface area contributed by atoms with Gasteiger partial charge >= 0.3 is 0 Å². The van der Waals surface area contributed by atoms with E-state index in [0.717, 1.165) is 14.9 Å². The number of anilines is 1. The smallest absolute Gasteiger partial charge is 0.181 e. The lowest BCUT2D eigenvalue weighted by Gasteiger charge is -1.99. The molecule has 2 N–H and O–H groups in total. The van der Waals surface area contributed by atoms with Crippen LogP contribution in [0.25, 0.3) is 10.4 Å². The zero-order valence-corrected chi connectivity index (χ0v) is 10.9. The fourth-order valence-electron chi connectivity index (χ4n) is 1.37. The number of carbonyl (C=O) groups is 1. The van der Waals surface area contributed by atoms with Crippen LogP contribution < -0.4 is 5.73 Å². The number of hydrogen-bond donors (Lipinski definition) is 1. The summed E-state index contributed by atoms with van der Waals surface area (Å²) in [6.45, 7) is 1.50. The molecular weight excluding hydrogens is 288 g/mol. The van der Waals surface area contributed by atoms with E-state index in [9.17, 15) is 4.79 Å². The minimum Gasteiger partial charge on any atom is -0.375 e. The first-order valence-corrected chi connectivity index (χ1v) is 6.22. The van der Waals surface area contributed by atoms with Crippen LogP contribution in [0, 0.1) is 0 Å². The number of nitrogen functional groups attached to an aromatic ring is 1. The summed E-state index contributed by atoms with van der Waals surface area (Å²) in [5.41, 5.74) is 7.04. The highest BCUT2D eigenvalue weighted by molar-refractivity contribution is 9.10. The molecule has 0 atom stereocenters. The van der Waals surface area contributed by atoms with E-state index in [1.165, 1.54) is 18.3 Å². The second-order valence-electron chi connectivity index (χ2n) is 3.29. The van der Waals surface area contributed by atoms with Crippen molar-refractivity contribution in [1.82, 2.24) is 4.98 Å². The molecular formula is C11H9BrN2OS. The Bertz CT molecular complexity index is 533. The Kier molecular flexibility index (Phi) is 3.07. The average molecular weight is 297 g/mol. The number of thiazole rings is 1. The molecule has 0 saturated carbocycles. The molecule has 82 valence electrons. The van der Waals surface area contributed by atoms with E-state index in [4.69, 9.17) is 5.73 Å². The molecule has 2 rings (SSSR count). The second-order valence-corrected chi connectivity index (χ2v) is 5.24. The number of hydrogen-bond acceptors (Lipinski definition) is 4. The molecule has 0 unspecified atom stereocenters. The lowest BCUT2D eigenvalue weighted by Crippen LogP contribution is -1.95. The van der Waals surface area contributed by atoms with E-state index >= 15 is 0 Å². The summed E-state index contributed by atoms with van der Waals surface area (Å²) < 4.78 is 0.998. The number of halogens is 1. The largest absolute Gasteiger partial charge is 0.375 e. The van der Waals surface area contributed by atoms with Gasteiger partial charge in [-0.2, -0.15) is 0 Å². The summed E-state index contributed by atoms with van der Waals surface area (Å²) in [5.74, 6) is -0.0640. The van der Waals surface area contributed by atoms with Gasteiger partial charge < -0.3 is 5.73 Å². The number of ketones is 1. The minimum absolute atomic E-state index is 0.0640. The Morgan fingerprint density at radius 3 is 2.56 bits per heavy atom. The molecule has 3 nitrogen and oxygen atoms in total. The summed E-state index contributed by atoms with van der Waals surface area (Å²) in [5, 5.41) is 0.420. The highest BCUT2D eigenvalue weighted by Gasteiger charge is 2.14. The highest BCUT2D eigenvalue weighted by atomic mass is 79.9. The number of nitrogens with two attached hydrogens (primary N) is 1. The van der Waals surface area contributed by atoms with Crippen molar-refractivity contribution in [2.75, 3.05) is 5.73 Å². The molecule has 1 aromatic heterocycles. The van der Waals surface area contributed by atoms with Crippen LogP contribution in [0.3, 0.4) is 0 Å². The minimum atomic E-state index is -0.0640. The Hall–Kier alpha value is -1.20. The van der Waals surface area contributed by atoms with Crippen molar-refractivity contribution >= 4 is 38.2 Å². The molecule has 0 aliphatic heterocycles. The standard InChI is InChI=1S/C11H9BrN2OS/c1-6(15)9-10(16-11(13)14-9)7-2-4-8(12)5-3-7/h2-5H,1H3,(H2,13,14). The van der Waals surface area contributed by atoms with Crippen LogP contribution in [-0.4, -0.2) is 10.8 Å². The predicted molar refractivity (Wildman–Crippen MR) is 69.7 cm³/mol. The Morgan fingerprint density at radius 1 is 1.38 bits per heavy atom. The third-order valence-electron chi connectivity index (χ3n) is 2.08. The van der Waals surface area contributed by atoms with Gasteiger partial charge in [0.15, 0.2) is 10.9 Å². The van der Waals surface area contributed by atoms with E-state index in [0.29, 0.717) is 10.8 Å². The maximum Gasteiger partial charge on any atom is 0.181 e. The fourth-order valence-corrected chi connectivity index (χ4v) is 2.52.